The van der Waals surface area contributed by atoms with Crippen LogP contribution in [0.5, 0.6) is 0 Å². The largest absolute Gasteiger partial charge is 0.491 e. The molecule has 0 radical (unpaired) electrons. The Hall–Kier alpha value is -3.76. The highest BCUT2D eigenvalue weighted by molar-refractivity contribution is 5.88. The Labute approximate surface area is 211 Å². The topological polar surface area (TPSA) is 107 Å². The van der Waals surface area contributed by atoms with Crippen molar-refractivity contribution < 1.29 is 32.0 Å². The second-order valence-corrected chi connectivity index (χ2v) is 9.07. The first-order valence-electron chi connectivity index (χ1n) is 12.1. The summed E-state index contributed by atoms with van der Waals surface area (Å²) in [6, 6.07) is 11.3. The molecule has 1 atom stereocenters. The molecule has 3 aromatic rings. The summed E-state index contributed by atoms with van der Waals surface area (Å²) < 4.78 is 46.8. The smallest absolute Gasteiger partial charge is 0.386 e. The molecule has 0 saturated heterocycles. The van der Waals surface area contributed by atoms with E-state index in [-0.39, 0.29) is 12.3 Å². The summed E-state index contributed by atoms with van der Waals surface area (Å²) in [7, 11) is 0. The molecule has 1 N–H and O–H groups in total. The van der Waals surface area contributed by atoms with Crippen LogP contribution in [-0.2, 0) is 40.0 Å². The maximum atomic E-state index is 12.5. The third kappa shape index (κ3) is 7.37. The maximum Gasteiger partial charge on any atom is 0.491 e. The summed E-state index contributed by atoms with van der Waals surface area (Å²) in [5, 5.41) is 7.32. The molecule has 0 fully saturated rings. The number of fused-ring (bicyclic) bond motifs is 1. The quantitative estimate of drug-likeness (QED) is 0.323. The van der Waals surface area contributed by atoms with E-state index in [2.05, 4.69) is 31.2 Å². The van der Waals surface area contributed by atoms with Gasteiger partial charge in [0.05, 0.1) is 6.42 Å². The second kappa shape index (κ2) is 11.5. The zero-order chi connectivity index (χ0) is 26.4. The highest BCUT2D eigenvalue weighted by Crippen LogP contribution is 2.26. The molecule has 3 heterocycles. The molecular weight excluding hydrogens is 489 g/mol. The van der Waals surface area contributed by atoms with Crippen molar-refractivity contribution in [2.24, 2.45) is 0 Å². The fraction of sp³-hybridized carbons (Fsp3) is 0.423. The van der Waals surface area contributed by atoms with Gasteiger partial charge in [0.2, 0.25) is 5.89 Å². The number of esters is 2. The lowest BCUT2D eigenvalue weighted by Gasteiger charge is -2.17. The first-order valence-corrected chi connectivity index (χ1v) is 12.1. The van der Waals surface area contributed by atoms with Crippen molar-refractivity contribution in [3.05, 3.63) is 70.5 Å². The lowest BCUT2D eigenvalue weighted by atomic mass is 9.92. The van der Waals surface area contributed by atoms with Crippen LogP contribution in [0.25, 0.3) is 0 Å². The molecule has 0 spiro atoms. The van der Waals surface area contributed by atoms with Gasteiger partial charge in [-0.25, -0.2) is 9.78 Å². The number of ether oxygens (including phenoxy) is 1. The van der Waals surface area contributed by atoms with Crippen molar-refractivity contribution in [2.75, 3.05) is 11.9 Å². The number of hydrogen-bond acceptors (Lipinski definition) is 8. The molecule has 1 aliphatic heterocycles. The Balaban J connectivity index is 1.36. The number of benzene rings is 1. The number of nitrogens with zero attached hydrogens (tertiary/aromatic N) is 3. The van der Waals surface area contributed by atoms with E-state index in [4.69, 9.17) is 4.52 Å². The van der Waals surface area contributed by atoms with E-state index in [1.54, 1.807) is 12.1 Å². The molecular formula is C26H27F3N4O4. The van der Waals surface area contributed by atoms with Crippen LogP contribution in [0, 0.1) is 6.92 Å². The lowest BCUT2D eigenvalue weighted by Crippen LogP contribution is -2.28. The molecule has 1 unspecified atom stereocenters. The number of rotatable bonds is 9. The second-order valence-electron chi connectivity index (χ2n) is 9.07. The van der Waals surface area contributed by atoms with Crippen LogP contribution in [-0.4, -0.2) is 39.8 Å². The van der Waals surface area contributed by atoms with E-state index in [1.165, 1.54) is 5.56 Å². The van der Waals surface area contributed by atoms with Gasteiger partial charge in [-0.1, -0.05) is 41.1 Å². The molecule has 0 aliphatic carbocycles. The average Bonchev–Trinajstić information content (AvgIpc) is 3.30. The van der Waals surface area contributed by atoms with Gasteiger partial charge in [-0.15, -0.1) is 0 Å². The highest BCUT2D eigenvalue weighted by Gasteiger charge is 2.42. The van der Waals surface area contributed by atoms with Gasteiger partial charge in [-0.3, -0.25) is 4.79 Å². The highest BCUT2D eigenvalue weighted by atomic mass is 19.4. The number of halogens is 3. The zero-order valence-electron chi connectivity index (χ0n) is 20.3. The summed E-state index contributed by atoms with van der Waals surface area (Å²) in [6.45, 7) is 2.81. The Kier molecular flexibility index (Phi) is 8.20. The van der Waals surface area contributed by atoms with Crippen molar-refractivity contribution in [3.63, 3.8) is 0 Å². The molecule has 2 aromatic heterocycles. The molecule has 8 nitrogen and oxygen atoms in total. The fourth-order valence-corrected chi connectivity index (χ4v) is 4.17. The Morgan fingerprint density at radius 1 is 1.11 bits per heavy atom. The minimum atomic E-state index is -5.25. The average molecular weight is 517 g/mol. The maximum absolute atomic E-state index is 12.5. The van der Waals surface area contributed by atoms with Crippen molar-refractivity contribution in [1.82, 2.24) is 15.1 Å². The number of alkyl halides is 3. The van der Waals surface area contributed by atoms with Gasteiger partial charge in [0.1, 0.15) is 5.82 Å². The number of anilines is 1. The molecule has 0 amide bonds. The SMILES string of the molecule is Cc1ccc(C(CC(=O)OC(=O)C(F)(F)F)Cc2nc(CCCc3ccc4c(n3)NCCC4)no2)cc1. The Morgan fingerprint density at radius 2 is 1.89 bits per heavy atom. The third-order valence-electron chi connectivity index (χ3n) is 6.12. The van der Waals surface area contributed by atoms with Gasteiger partial charge in [-0.05, 0) is 49.8 Å². The molecule has 196 valence electrons. The number of aromatic nitrogens is 3. The predicted molar refractivity (Wildman–Crippen MR) is 127 cm³/mol. The molecule has 37 heavy (non-hydrogen) atoms. The van der Waals surface area contributed by atoms with E-state index >= 15 is 0 Å². The number of aryl methyl sites for hydroxylation is 4. The van der Waals surface area contributed by atoms with Crippen LogP contribution in [0.2, 0.25) is 0 Å². The van der Waals surface area contributed by atoms with Gasteiger partial charge < -0.3 is 14.6 Å². The first-order chi connectivity index (χ1) is 17.7. The fourth-order valence-electron chi connectivity index (χ4n) is 4.17. The van der Waals surface area contributed by atoms with Gasteiger partial charge in [0.25, 0.3) is 0 Å². The number of carbonyl (C=O) groups is 2. The predicted octanol–water partition coefficient (Wildman–Crippen LogP) is 4.65. The van der Waals surface area contributed by atoms with Crippen molar-refractivity contribution >= 4 is 17.8 Å². The van der Waals surface area contributed by atoms with E-state index in [0.29, 0.717) is 17.8 Å². The van der Waals surface area contributed by atoms with Crippen molar-refractivity contribution in [3.8, 4) is 0 Å². The number of carbonyl (C=O) groups excluding carboxylic acids is 2. The molecule has 0 saturated carbocycles. The van der Waals surface area contributed by atoms with Gasteiger partial charge in [0, 0.05) is 31.0 Å². The van der Waals surface area contributed by atoms with Crippen molar-refractivity contribution in [2.45, 2.75) is 64.0 Å². The summed E-state index contributed by atoms with van der Waals surface area (Å²) >= 11 is 0. The van der Waals surface area contributed by atoms with Crippen LogP contribution >= 0.6 is 0 Å². The molecule has 11 heteroatoms. The van der Waals surface area contributed by atoms with Crippen molar-refractivity contribution in [1.29, 1.82) is 0 Å². The monoisotopic (exact) mass is 516 g/mol. The van der Waals surface area contributed by atoms with Gasteiger partial charge >= 0.3 is 18.1 Å². The van der Waals surface area contributed by atoms with Gasteiger partial charge in [-0.2, -0.15) is 18.2 Å². The molecule has 1 aliphatic rings. The Morgan fingerprint density at radius 3 is 2.65 bits per heavy atom. The number of nitrogens with one attached hydrogen (secondary N) is 1. The normalized spacial score (nSPS) is 13.9. The molecule has 4 rings (SSSR count). The Bertz CT molecular complexity index is 1240. The van der Waals surface area contributed by atoms with Crippen LogP contribution in [0.3, 0.4) is 0 Å². The van der Waals surface area contributed by atoms with Crippen LogP contribution in [0.1, 0.15) is 59.3 Å². The van der Waals surface area contributed by atoms with E-state index in [1.807, 2.05) is 25.1 Å². The summed E-state index contributed by atoms with van der Waals surface area (Å²) in [4.78, 5) is 32.2. The number of pyridine rings is 1. The van der Waals surface area contributed by atoms with E-state index in [9.17, 15) is 22.8 Å². The van der Waals surface area contributed by atoms with Crippen LogP contribution < -0.4 is 5.32 Å². The first kappa shape index (κ1) is 26.3. The minimum absolute atomic E-state index is 0.101. The molecule has 0 bridgehead atoms. The standard InChI is InChI=1S/C26H27F3N4O4/c1-16-7-9-17(10-8-16)19(15-23(34)36-25(35)26(27,28)29)14-22-32-21(33-37-22)6-2-5-20-12-11-18-4-3-13-30-24(18)31-20/h7-12,19H,2-6,13-15H2,1H3,(H,30,31). The summed E-state index contributed by atoms with van der Waals surface area (Å²) in [5.41, 5.74) is 3.85. The number of hydrogen-bond donors (Lipinski definition) is 1. The van der Waals surface area contributed by atoms with Crippen LogP contribution in [0.4, 0.5) is 19.0 Å². The summed E-state index contributed by atoms with van der Waals surface area (Å²) in [6.07, 6.45) is -1.44. The van der Waals surface area contributed by atoms with E-state index in [0.717, 1.165) is 49.3 Å². The van der Waals surface area contributed by atoms with E-state index < -0.39 is 30.5 Å². The zero-order valence-corrected chi connectivity index (χ0v) is 20.3. The minimum Gasteiger partial charge on any atom is -0.386 e. The van der Waals surface area contributed by atoms with Crippen LogP contribution in [0.15, 0.2) is 40.9 Å². The molecule has 1 aromatic carbocycles. The summed E-state index contributed by atoms with van der Waals surface area (Å²) in [5.74, 6) is -2.75. The third-order valence-corrected chi connectivity index (χ3v) is 6.12. The lowest BCUT2D eigenvalue weighted by molar-refractivity contribution is -0.202. The van der Waals surface area contributed by atoms with Gasteiger partial charge in [0.15, 0.2) is 5.82 Å².